The third kappa shape index (κ3) is 4.54. The van der Waals surface area contributed by atoms with Gasteiger partial charge in [0.25, 0.3) is 0 Å². The number of halogens is 2. The molecule has 0 amide bonds. The van der Waals surface area contributed by atoms with E-state index in [0.29, 0.717) is 11.5 Å². The Hall–Kier alpha value is -1.90. The lowest BCUT2D eigenvalue weighted by molar-refractivity contribution is 0.332. The van der Waals surface area contributed by atoms with Gasteiger partial charge in [0.15, 0.2) is 11.6 Å². The van der Waals surface area contributed by atoms with Gasteiger partial charge in [0, 0.05) is 5.56 Å². The molecule has 0 aromatic heterocycles. The number of unbranched alkanes of at least 4 members (excludes halogenated alkanes) is 1. The van der Waals surface area contributed by atoms with Gasteiger partial charge in [-0.05, 0) is 49.3 Å². The van der Waals surface area contributed by atoms with E-state index in [1.54, 1.807) is 6.07 Å². The van der Waals surface area contributed by atoms with Gasteiger partial charge in [0.1, 0.15) is 6.61 Å². The van der Waals surface area contributed by atoms with Crippen molar-refractivity contribution in [3.8, 4) is 5.75 Å². The average Bonchev–Trinajstić information content (AvgIpc) is 2.57. The molecule has 0 saturated carbocycles. The largest absolute Gasteiger partial charge is 0.486 e. The van der Waals surface area contributed by atoms with Crippen LogP contribution in [0.5, 0.6) is 5.75 Å². The molecule has 0 fully saturated rings. The molecule has 1 aromatic rings. The summed E-state index contributed by atoms with van der Waals surface area (Å²) in [7, 11) is 0. The van der Waals surface area contributed by atoms with E-state index in [0.717, 1.165) is 37.7 Å². The first-order chi connectivity index (χ1) is 11.2. The Balaban J connectivity index is 2.10. The molecule has 3 heteroatoms. The molecule has 23 heavy (non-hydrogen) atoms. The van der Waals surface area contributed by atoms with Crippen molar-refractivity contribution in [3.05, 3.63) is 60.2 Å². The molecule has 2 rings (SSSR count). The molecule has 0 bridgehead atoms. The lowest BCUT2D eigenvalue weighted by Crippen LogP contribution is -2.05. The molecule has 0 heterocycles. The third-order valence-corrected chi connectivity index (χ3v) is 4.06. The van der Waals surface area contributed by atoms with E-state index in [2.05, 4.69) is 25.7 Å². The van der Waals surface area contributed by atoms with Crippen LogP contribution in [-0.2, 0) is 0 Å². The quantitative estimate of drug-likeness (QED) is 0.554. The predicted octanol–water partition coefficient (Wildman–Crippen LogP) is 6.07. The highest BCUT2D eigenvalue weighted by atomic mass is 19.2. The van der Waals surface area contributed by atoms with Crippen LogP contribution >= 0.6 is 0 Å². The van der Waals surface area contributed by atoms with Crippen LogP contribution in [0.25, 0.3) is 5.57 Å². The fraction of sp³-hybridized carbons (Fsp3) is 0.400. The van der Waals surface area contributed by atoms with E-state index >= 15 is 0 Å². The maximum atomic E-state index is 14.3. The van der Waals surface area contributed by atoms with Crippen LogP contribution in [0.2, 0.25) is 0 Å². The summed E-state index contributed by atoms with van der Waals surface area (Å²) in [5.74, 6) is -1.30. The number of hydrogen-bond donors (Lipinski definition) is 0. The number of rotatable bonds is 7. The zero-order valence-electron chi connectivity index (χ0n) is 13.7. The molecule has 1 nitrogen and oxygen atoms in total. The summed E-state index contributed by atoms with van der Waals surface area (Å²) in [5, 5.41) is 0. The number of allylic oxidation sites excluding steroid dienone is 4. The highest BCUT2D eigenvalue weighted by molar-refractivity contribution is 5.67. The first-order valence-electron chi connectivity index (χ1n) is 8.25. The van der Waals surface area contributed by atoms with Crippen molar-refractivity contribution in [3.63, 3.8) is 0 Å². The second-order valence-corrected chi connectivity index (χ2v) is 5.82. The summed E-state index contributed by atoms with van der Waals surface area (Å²) in [6.07, 6.45) is 12.9. The normalized spacial score (nSPS) is 18.0. The van der Waals surface area contributed by atoms with E-state index in [1.165, 1.54) is 12.1 Å². The summed E-state index contributed by atoms with van der Waals surface area (Å²) < 4.78 is 33.5. The fourth-order valence-electron chi connectivity index (χ4n) is 2.77. The number of hydrogen-bond acceptors (Lipinski definition) is 1. The monoisotopic (exact) mass is 318 g/mol. The summed E-state index contributed by atoms with van der Waals surface area (Å²) in [4.78, 5) is 0. The van der Waals surface area contributed by atoms with Gasteiger partial charge in [0.2, 0.25) is 5.82 Å². The van der Waals surface area contributed by atoms with Crippen molar-refractivity contribution in [1.82, 2.24) is 0 Å². The van der Waals surface area contributed by atoms with Gasteiger partial charge >= 0.3 is 0 Å². The fourth-order valence-corrected chi connectivity index (χ4v) is 2.77. The lowest BCUT2D eigenvalue weighted by atomic mass is 9.86. The Kier molecular flexibility index (Phi) is 6.57. The molecule has 0 N–H and O–H groups in total. The van der Waals surface area contributed by atoms with Gasteiger partial charge in [-0.1, -0.05) is 44.2 Å². The maximum Gasteiger partial charge on any atom is 0.201 e. The summed E-state index contributed by atoms with van der Waals surface area (Å²) in [6, 6.07) is 3.10. The van der Waals surface area contributed by atoms with Crippen LogP contribution in [0, 0.1) is 17.6 Å². The molecule has 0 radical (unpaired) electrons. The SMILES string of the molecule is C=CCOc1ccc(C2=CCC(C=CCCC)CC2)c(F)c1F. The smallest absolute Gasteiger partial charge is 0.201 e. The lowest BCUT2D eigenvalue weighted by Gasteiger charge is -2.20. The highest BCUT2D eigenvalue weighted by Gasteiger charge is 2.20. The van der Waals surface area contributed by atoms with Crippen molar-refractivity contribution in [1.29, 1.82) is 0 Å². The van der Waals surface area contributed by atoms with Crippen molar-refractivity contribution in [2.24, 2.45) is 5.92 Å². The topological polar surface area (TPSA) is 9.23 Å². The Morgan fingerprint density at radius 2 is 2.13 bits per heavy atom. The molecule has 1 aromatic carbocycles. The maximum absolute atomic E-state index is 14.3. The van der Waals surface area contributed by atoms with Crippen LogP contribution in [-0.4, -0.2) is 6.61 Å². The number of benzene rings is 1. The third-order valence-electron chi connectivity index (χ3n) is 4.06. The minimum absolute atomic E-state index is 0.0667. The number of ether oxygens (including phenoxy) is 1. The van der Waals surface area contributed by atoms with E-state index < -0.39 is 11.6 Å². The van der Waals surface area contributed by atoms with E-state index in [9.17, 15) is 8.78 Å². The second kappa shape index (κ2) is 8.66. The molecule has 0 spiro atoms. The minimum atomic E-state index is -0.921. The Morgan fingerprint density at radius 1 is 1.30 bits per heavy atom. The van der Waals surface area contributed by atoms with Gasteiger partial charge in [-0.2, -0.15) is 4.39 Å². The van der Waals surface area contributed by atoms with Gasteiger partial charge in [-0.15, -0.1) is 0 Å². The molecule has 1 unspecified atom stereocenters. The Morgan fingerprint density at radius 3 is 2.78 bits per heavy atom. The van der Waals surface area contributed by atoms with E-state index in [1.807, 2.05) is 6.08 Å². The van der Waals surface area contributed by atoms with Crippen LogP contribution in [0.15, 0.2) is 43.0 Å². The van der Waals surface area contributed by atoms with Crippen LogP contribution in [0.3, 0.4) is 0 Å². The summed E-state index contributed by atoms with van der Waals surface area (Å²) in [6.45, 7) is 5.81. The van der Waals surface area contributed by atoms with Gasteiger partial charge < -0.3 is 4.74 Å². The summed E-state index contributed by atoms with van der Waals surface area (Å²) >= 11 is 0. The first kappa shape index (κ1) is 17.5. The van der Waals surface area contributed by atoms with E-state index in [4.69, 9.17) is 4.74 Å². The van der Waals surface area contributed by atoms with Crippen LogP contribution < -0.4 is 4.74 Å². The first-order valence-corrected chi connectivity index (χ1v) is 8.25. The Labute approximate surface area is 137 Å². The molecule has 124 valence electrons. The van der Waals surface area contributed by atoms with Gasteiger partial charge in [-0.3, -0.25) is 0 Å². The van der Waals surface area contributed by atoms with Crippen LogP contribution in [0.4, 0.5) is 8.78 Å². The van der Waals surface area contributed by atoms with Crippen molar-refractivity contribution in [2.45, 2.75) is 39.0 Å². The van der Waals surface area contributed by atoms with Crippen LogP contribution in [0.1, 0.15) is 44.6 Å². The molecule has 0 aliphatic heterocycles. The molecule has 1 aliphatic rings. The van der Waals surface area contributed by atoms with Gasteiger partial charge in [0.05, 0.1) is 0 Å². The standard InChI is InChI=1S/C20H24F2O/c1-3-5-6-7-15-8-10-16(11-9-15)17-12-13-18(23-14-4-2)20(22)19(17)21/h4,6-7,10,12-13,15H,2-3,5,8-9,11,14H2,1H3. The van der Waals surface area contributed by atoms with Crippen molar-refractivity contribution >= 4 is 5.57 Å². The predicted molar refractivity (Wildman–Crippen MR) is 91.4 cm³/mol. The highest BCUT2D eigenvalue weighted by Crippen LogP contribution is 2.34. The zero-order valence-corrected chi connectivity index (χ0v) is 13.7. The zero-order chi connectivity index (χ0) is 16.7. The van der Waals surface area contributed by atoms with Crippen molar-refractivity contribution < 1.29 is 13.5 Å². The Bertz CT molecular complexity index is 602. The average molecular weight is 318 g/mol. The minimum Gasteiger partial charge on any atom is -0.486 e. The van der Waals surface area contributed by atoms with E-state index in [-0.39, 0.29) is 12.4 Å². The molecule has 0 saturated heterocycles. The van der Waals surface area contributed by atoms with Gasteiger partial charge in [-0.25, -0.2) is 4.39 Å². The molecule has 1 aliphatic carbocycles. The molecule has 1 atom stereocenters. The molecular weight excluding hydrogens is 294 g/mol. The second-order valence-electron chi connectivity index (χ2n) is 5.82. The molecular formula is C20H24F2O. The van der Waals surface area contributed by atoms with Crippen molar-refractivity contribution in [2.75, 3.05) is 6.61 Å². The summed E-state index contributed by atoms with van der Waals surface area (Å²) in [5.41, 5.74) is 1.24.